The van der Waals surface area contributed by atoms with E-state index in [-0.39, 0.29) is 11.7 Å². The maximum Gasteiger partial charge on any atom is 0.168 e. The molecular formula is C14H19NO. The minimum atomic E-state index is 0.206. The zero-order valence-electron chi connectivity index (χ0n) is 9.83. The van der Waals surface area contributed by atoms with Gasteiger partial charge in [0.05, 0.1) is 0 Å². The smallest absolute Gasteiger partial charge is 0.168 e. The number of para-hydroxylation sites is 1. The van der Waals surface area contributed by atoms with Crippen molar-refractivity contribution in [2.24, 2.45) is 5.92 Å². The van der Waals surface area contributed by atoms with Crippen molar-refractivity contribution < 1.29 is 4.79 Å². The van der Waals surface area contributed by atoms with Gasteiger partial charge < -0.3 is 5.73 Å². The van der Waals surface area contributed by atoms with Crippen molar-refractivity contribution in [2.75, 3.05) is 5.73 Å². The van der Waals surface area contributed by atoms with E-state index in [9.17, 15) is 4.79 Å². The van der Waals surface area contributed by atoms with Crippen molar-refractivity contribution in [3.8, 4) is 0 Å². The number of nitrogen functional groups attached to an aromatic ring is 1. The van der Waals surface area contributed by atoms with E-state index in [1.807, 2.05) is 25.1 Å². The Kier molecular flexibility index (Phi) is 3.28. The van der Waals surface area contributed by atoms with Crippen LogP contribution < -0.4 is 5.73 Å². The van der Waals surface area contributed by atoms with Gasteiger partial charge in [-0.1, -0.05) is 31.4 Å². The van der Waals surface area contributed by atoms with Gasteiger partial charge in [0.15, 0.2) is 5.78 Å². The van der Waals surface area contributed by atoms with Crippen LogP contribution in [-0.4, -0.2) is 5.78 Å². The number of hydrogen-bond donors (Lipinski definition) is 1. The fourth-order valence-corrected chi connectivity index (χ4v) is 2.48. The van der Waals surface area contributed by atoms with Gasteiger partial charge in [-0.15, -0.1) is 0 Å². The quantitative estimate of drug-likeness (QED) is 0.610. The van der Waals surface area contributed by atoms with Crippen LogP contribution in [0.1, 0.15) is 48.0 Å². The lowest BCUT2D eigenvalue weighted by molar-refractivity contribution is 0.0890. The number of Topliss-reactive ketones (excluding diaryl/α,β-unsaturated/α-hetero) is 1. The molecule has 1 aromatic carbocycles. The maximum atomic E-state index is 12.3. The summed E-state index contributed by atoms with van der Waals surface area (Å²) in [7, 11) is 0. The van der Waals surface area contributed by atoms with Crippen molar-refractivity contribution in [1.29, 1.82) is 0 Å². The number of carbonyl (C=O) groups is 1. The van der Waals surface area contributed by atoms with Crippen LogP contribution in [0.5, 0.6) is 0 Å². The number of benzene rings is 1. The van der Waals surface area contributed by atoms with Gasteiger partial charge in [-0.05, 0) is 31.4 Å². The van der Waals surface area contributed by atoms with Crippen LogP contribution >= 0.6 is 0 Å². The van der Waals surface area contributed by atoms with Crippen molar-refractivity contribution in [3.63, 3.8) is 0 Å². The number of ketones is 1. The van der Waals surface area contributed by atoms with E-state index < -0.39 is 0 Å². The van der Waals surface area contributed by atoms with Crippen LogP contribution in [0.25, 0.3) is 0 Å². The summed E-state index contributed by atoms with van der Waals surface area (Å²) in [5.74, 6) is 0.457. The highest BCUT2D eigenvalue weighted by atomic mass is 16.1. The van der Waals surface area contributed by atoms with E-state index in [0.29, 0.717) is 5.69 Å². The third-order valence-electron chi connectivity index (χ3n) is 3.57. The summed E-state index contributed by atoms with van der Waals surface area (Å²) in [5, 5.41) is 0. The molecule has 2 heteroatoms. The number of aryl methyl sites for hydroxylation is 1. The van der Waals surface area contributed by atoms with E-state index in [1.165, 1.54) is 19.3 Å². The molecule has 0 heterocycles. The van der Waals surface area contributed by atoms with E-state index in [2.05, 4.69) is 0 Å². The van der Waals surface area contributed by atoms with Gasteiger partial charge in [0.25, 0.3) is 0 Å². The lowest BCUT2D eigenvalue weighted by atomic mass is 9.83. The summed E-state index contributed by atoms with van der Waals surface area (Å²) in [6.07, 6.45) is 5.70. The summed E-state index contributed by atoms with van der Waals surface area (Å²) >= 11 is 0. The number of anilines is 1. The average molecular weight is 217 g/mol. The first-order valence-electron chi connectivity index (χ1n) is 6.09. The summed E-state index contributed by atoms with van der Waals surface area (Å²) in [5.41, 5.74) is 8.36. The Hall–Kier alpha value is -1.31. The minimum absolute atomic E-state index is 0.206. The first-order chi connectivity index (χ1) is 7.70. The molecule has 16 heavy (non-hydrogen) atoms. The van der Waals surface area contributed by atoms with Crippen LogP contribution in [0.3, 0.4) is 0 Å². The summed E-state index contributed by atoms with van der Waals surface area (Å²) in [6, 6.07) is 5.73. The van der Waals surface area contributed by atoms with Crippen LogP contribution in [-0.2, 0) is 0 Å². The molecular weight excluding hydrogens is 198 g/mol. The van der Waals surface area contributed by atoms with Crippen LogP contribution in [0, 0.1) is 12.8 Å². The van der Waals surface area contributed by atoms with Gasteiger partial charge in [0.1, 0.15) is 0 Å². The summed E-state index contributed by atoms with van der Waals surface area (Å²) in [4.78, 5) is 12.3. The van der Waals surface area contributed by atoms with Crippen LogP contribution in [0.2, 0.25) is 0 Å². The normalized spacial score (nSPS) is 17.3. The number of rotatable bonds is 2. The van der Waals surface area contributed by atoms with Gasteiger partial charge in [0, 0.05) is 17.2 Å². The Morgan fingerprint density at radius 2 is 1.94 bits per heavy atom. The standard InChI is InChI=1S/C14H19NO/c1-10-6-5-9-12(13(10)15)14(16)11-7-3-2-4-8-11/h5-6,9,11H,2-4,7-8,15H2,1H3. The first kappa shape index (κ1) is 11.2. The molecule has 0 spiro atoms. The molecule has 2 nitrogen and oxygen atoms in total. The third kappa shape index (κ3) is 2.11. The molecule has 0 atom stereocenters. The molecule has 1 fully saturated rings. The van der Waals surface area contributed by atoms with Crippen LogP contribution in [0.4, 0.5) is 5.69 Å². The molecule has 0 amide bonds. The topological polar surface area (TPSA) is 43.1 Å². The Labute approximate surface area is 96.8 Å². The maximum absolute atomic E-state index is 12.3. The summed E-state index contributed by atoms with van der Waals surface area (Å²) < 4.78 is 0. The molecule has 1 saturated carbocycles. The average Bonchev–Trinajstić information content (AvgIpc) is 2.33. The third-order valence-corrected chi connectivity index (χ3v) is 3.57. The highest BCUT2D eigenvalue weighted by Crippen LogP contribution is 2.29. The molecule has 0 saturated heterocycles. The molecule has 0 bridgehead atoms. The van der Waals surface area contributed by atoms with E-state index in [0.717, 1.165) is 24.0 Å². The lowest BCUT2D eigenvalue weighted by Gasteiger charge is -2.21. The molecule has 1 aromatic rings. The Morgan fingerprint density at radius 1 is 1.25 bits per heavy atom. The highest BCUT2D eigenvalue weighted by molar-refractivity contribution is 6.02. The second kappa shape index (κ2) is 4.69. The van der Waals surface area contributed by atoms with Gasteiger partial charge in [0.2, 0.25) is 0 Å². The zero-order chi connectivity index (χ0) is 11.5. The Balaban J connectivity index is 2.22. The van der Waals surface area contributed by atoms with E-state index in [1.54, 1.807) is 0 Å². The molecule has 0 aliphatic heterocycles. The summed E-state index contributed by atoms with van der Waals surface area (Å²) in [6.45, 7) is 1.95. The predicted octanol–water partition coefficient (Wildman–Crippen LogP) is 3.34. The molecule has 1 aliphatic carbocycles. The second-order valence-corrected chi connectivity index (χ2v) is 4.74. The van der Waals surface area contributed by atoms with Gasteiger partial charge >= 0.3 is 0 Å². The van der Waals surface area contributed by atoms with Gasteiger partial charge in [-0.25, -0.2) is 0 Å². The highest BCUT2D eigenvalue weighted by Gasteiger charge is 2.23. The number of hydrogen-bond acceptors (Lipinski definition) is 2. The van der Waals surface area contributed by atoms with Gasteiger partial charge in [-0.2, -0.15) is 0 Å². The van der Waals surface area contributed by atoms with E-state index >= 15 is 0 Å². The predicted molar refractivity (Wildman–Crippen MR) is 66.5 cm³/mol. The molecule has 0 aromatic heterocycles. The molecule has 2 N–H and O–H groups in total. The van der Waals surface area contributed by atoms with Crippen molar-refractivity contribution in [2.45, 2.75) is 39.0 Å². The molecule has 0 radical (unpaired) electrons. The van der Waals surface area contributed by atoms with Crippen molar-refractivity contribution >= 4 is 11.5 Å². The van der Waals surface area contributed by atoms with Crippen molar-refractivity contribution in [3.05, 3.63) is 29.3 Å². The fraction of sp³-hybridized carbons (Fsp3) is 0.500. The zero-order valence-corrected chi connectivity index (χ0v) is 9.83. The Bertz CT molecular complexity index is 392. The number of nitrogens with two attached hydrogens (primary N) is 1. The minimum Gasteiger partial charge on any atom is -0.398 e. The monoisotopic (exact) mass is 217 g/mol. The molecule has 1 aliphatic rings. The van der Waals surface area contributed by atoms with Gasteiger partial charge in [-0.3, -0.25) is 4.79 Å². The van der Waals surface area contributed by atoms with Crippen LogP contribution in [0.15, 0.2) is 18.2 Å². The first-order valence-corrected chi connectivity index (χ1v) is 6.09. The SMILES string of the molecule is Cc1cccc(C(=O)C2CCCCC2)c1N. The molecule has 2 rings (SSSR count). The number of carbonyl (C=O) groups excluding carboxylic acids is 1. The molecule has 86 valence electrons. The fourth-order valence-electron chi connectivity index (χ4n) is 2.48. The largest absolute Gasteiger partial charge is 0.398 e. The van der Waals surface area contributed by atoms with Crippen molar-refractivity contribution in [1.82, 2.24) is 0 Å². The Morgan fingerprint density at radius 3 is 2.62 bits per heavy atom. The second-order valence-electron chi connectivity index (χ2n) is 4.74. The molecule has 0 unspecified atom stereocenters. The van der Waals surface area contributed by atoms with E-state index in [4.69, 9.17) is 5.73 Å². The lowest BCUT2D eigenvalue weighted by Crippen LogP contribution is -2.19.